The average Bonchev–Trinajstić information content (AvgIpc) is 1.13. The molecule has 0 aliphatic carbocycles. The summed E-state index contributed by atoms with van der Waals surface area (Å²) in [6.07, 6.45) is 70.5. The molecule has 0 saturated carbocycles. The van der Waals surface area contributed by atoms with Gasteiger partial charge >= 0.3 is 17.9 Å². The van der Waals surface area contributed by atoms with Gasteiger partial charge in [-0.1, -0.05) is 413 Å². The van der Waals surface area contributed by atoms with Crippen LogP contribution in [0.1, 0.15) is 445 Å². The molecule has 0 amide bonds. The van der Waals surface area contributed by atoms with Gasteiger partial charge in [-0.3, -0.25) is 14.4 Å². The Morgan fingerprint density at radius 1 is 0.226 bits per heavy atom. The van der Waals surface area contributed by atoms with Crippen molar-refractivity contribution < 1.29 is 39.6 Å². The van der Waals surface area contributed by atoms with Crippen LogP contribution in [-0.2, 0) is 19.2 Å². The van der Waals surface area contributed by atoms with Crippen molar-refractivity contribution >= 4 is 23.7 Å². The van der Waals surface area contributed by atoms with E-state index >= 15 is 0 Å². The van der Waals surface area contributed by atoms with Crippen LogP contribution in [0.3, 0.4) is 0 Å². The number of carbonyl (C=O) groups excluding carboxylic acids is 1. The lowest BCUT2D eigenvalue weighted by Gasteiger charge is -2.50. The Kier molecular flexibility index (Phi) is 58.6. The molecule has 2 unspecified atom stereocenters. The maximum Gasteiger partial charge on any atom is 0.338 e. The van der Waals surface area contributed by atoms with Crippen LogP contribution in [-0.4, -0.2) is 49.7 Å². The number of rotatable bonds is 71. The van der Waals surface area contributed by atoms with Gasteiger partial charge in [0.05, 0.1) is 0 Å². The first-order chi connectivity index (χ1) is 41.0. The predicted octanol–water partition coefficient (Wildman–Crippen LogP) is 24.9. The molecule has 0 aliphatic heterocycles. The standard InChI is InChI=1S/C76H146O8/c1-5-9-12-15-18-21-24-27-30-33-36-39-42-45-48-51-54-57-60-63-67-74(71(78)79,68-64-61-58-55-52-49-46-43-40-37-34-31-28-25-22-19-16-13-10-6-2)76(84,73(82)83)75(72(80)81,70(77)66-8-4)69-65-62-59-56-53-50-47-44-41-38-35-32-29-26-23-20-17-14-11-7-3/h84H,5-69H2,1-4H3,(H,78,79)(H,80,81)(H,82,83). The normalized spacial score (nSPS) is 13.3. The largest absolute Gasteiger partial charge is 0.481 e. The smallest absolute Gasteiger partial charge is 0.338 e. The summed E-state index contributed by atoms with van der Waals surface area (Å²) in [4.78, 5) is 56.3. The van der Waals surface area contributed by atoms with E-state index in [9.17, 15) is 39.6 Å². The molecule has 0 spiro atoms. The summed E-state index contributed by atoms with van der Waals surface area (Å²) in [6, 6.07) is 0. The molecule has 0 aromatic carbocycles. The number of hydrogen-bond acceptors (Lipinski definition) is 5. The van der Waals surface area contributed by atoms with Crippen molar-refractivity contribution in [1.82, 2.24) is 0 Å². The molecule has 498 valence electrons. The van der Waals surface area contributed by atoms with Crippen LogP contribution in [0.15, 0.2) is 0 Å². The Bertz CT molecular complexity index is 1420. The summed E-state index contributed by atoms with van der Waals surface area (Å²) >= 11 is 0. The van der Waals surface area contributed by atoms with Gasteiger partial charge in [-0.25, -0.2) is 4.79 Å². The summed E-state index contributed by atoms with van der Waals surface area (Å²) in [5.41, 5.74) is -8.47. The van der Waals surface area contributed by atoms with Gasteiger partial charge in [-0.2, -0.15) is 0 Å². The van der Waals surface area contributed by atoms with Gasteiger partial charge in [0.1, 0.15) is 5.41 Å². The minimum absolute atomic E-state index is 0.184. The molecule has 0 heterocycles. The highest BCUT2D eigenvalue weighted by Gasteiger charge is 2.75. The topological polar surface area (TPSA) is 149 Å². The average molecular weight is 1190 g/mol. The maximum atomic E-state index is 14.5. The molecule has 2 atom stereocenters. The van der Waals surface area contributed by atoms with Crippen LogP contribution in [0.25, 0.3) is 0 Å². The van der Waals surface area contributed by atoms with Crippen LogP contribution in [0, 0.1) is 10.8 Å². The summed E-state index contributed by atoms with van der Waals surface area (Å²) in [5.74, 6) is -5.97. The number of unbranched alkanes of at least 4 members (excludes halogenated alkanes) is 57. The molecule has 84 heavy (non-hydrogen) atoms. The third-order valence-corrected chi connectivity index (χ3v) is 19.7. The number of Topliss-reactive ketones (excluding diaryl/α,β-unsaturated/α-hetero) is 1. The number of carboxylic acid groups (broad SMARTS) is 3. The minimum atomic E-state index is -3.33. The maximum absolute atomic E-state index is 14.5. The van der Waals surface area contributed by atoms with E-state index in [1.807, 2.05) is 0 Å². The van der Waals surface area contributed by atoms with Crippen molar-refractivity contribution in [3.05, 3.63) is 0 Å². The van der Waals surface area contributed by atoms with Gasteiger partial charge in [0, 0.05) is 6.42 Å². The quantitative estimate of drug-likeness (QED) is 0.0347. The van der Waals surface area contributed by atoms with Gasteiger partial charge in [0.25, 0.3) is 0 Å². The van der Waals surface area contributed by atoms with Crippen molar-refractivity contribution in [2.75, 3.05) is 0 Å². The van der Waals surface area contributed by atoms with Crippen molar-refractivity contribution in [2.45, 2.75) is 451 Å². The van der Waals surface area contributed by atoms with Crippen LogP contribution in [0.2, 0.25) is 0 Å². The minimum Gasteiger partial charge on any atom is -0.481 e. The zero-order valence-corrected chi connectivity index (χ0v) is 56.9. The molecule has 4 N–H and O–H groups in total. The lowest BCUT2D eigenvalue weighted by Crippen LogP contribution is -2.72. The molecule has 0 fully saturated rings. The van der Waals surface area contributed by atoms with E-state index in [1.54, 1.807) is 6.92 Å². The van der Waals surface area contributed by atoms with Crippen LogP contribution < -0.4 is 0 Å². The highest BCUT2D eigenvalue weighted by molar-refractivity contribution is 6.10. The summed E-state index contributed by atoms with van der Waals surface area (Å²) in [7, 11) is 0. The molecule has 0 rings (SSSR count). The number of aliphatic carboxylic acids is 3. The van der Waals surface area contributed by atoms with E-state index in [0.717, 1.165) is 77.0 Å². The first kappa shape index (κ1) is 82.0. The predicted molar refractivity (Wildman–Crippen MR) is 361 cm³/mol. The van der Waals surface area contributed by atoms with E-state index in [-0.39, 0.29) is 32.1 Å². The number of ketones is 1. The fourth-order valence-corrected chi connectivity index (χ4v) is 14.0. The van der Waals surface area contributed by atoms with Gasteiger partial charge in [0.15, 0.2) is 11.2 Å². The van der Waals surface area contributed by atoms with Crippen molar-refractivity contribution in [3.8, 4) is 0 Å². The van der Waals surface area contributed by atoms with E-state index in [4.69, 9.17) is 0 Å². The fourth-order valence-electron chi connectivity index (χ4n) is 14.0. The van der Waals surface area contributed by atoms with E-state index in [2.05, 4.69) is 20.8 Å². The molecule has 8 nitrogen and oxygen atoms in total. The Morgan fingerprint density at radius 2 is 0.405 bits per heavy atom. The van der Waals surface area contributed by atoms with E-state index in [0.29, 0.717) is 32.1 Å². The fraction of sp³-hybridized carbons (Fsp3) is 0.947. The van der Waals surface area contributed by atoms with Crippen LogP contribution in [0.5, 0.6) is 0 Å². The SMILES string of the molecule is CCCCCCCCCCCCCCCCCCCCCCC(CCCCCCCCCCCCCCCCCCCCCC)(C(=O)O)C(O)(C(=O)O)C(CCCCCCCCCCCCCCCCCCCCCC)(C(=O)O)C(=O)CCC. The lowest BCUT2D eigenvalue weighted by atomic mass is 9.51. The molecule has 8 heteroatoms. The van der Waals surface area contributed by atoms with Crippen molar-refractivity contribution in [1.29, 1.82) is 0 Å². The molecule has 0 radical (unpaired) electrons. The highest BCUT2D eigenvalue weighted by atomic mass is 16.4. The highest BCUT2D eigenvalue weighted by Crippen LogP contribution is 2.55. The first-order valence-electron chi connectivity index (χ1n) is 38.0. The third kappa shape index (κ3) is 39.8. The van der Waals surface area contributed by atoms with Gasteiger partial charge in [0.2, 0.25) is 5.60 Å². The van der Waals surface area contributed by atoms with Crippen LogP contribution in [0.4, 0.5) is 0 Å². The second-order valence-corrected chi connectivity index (χ2v) is 27.2. The second kappa shape index (κ2) is 60.0. The molecule has 0 saturated heterocycles. The second-order valence-electron chi connectivity index (χ2n) is 27.2. The van der Waals surface area contributed by atoms with Crippen molar-refractivity contribution in [3.63, 3.8) is 0 Å². The number of carbonyl (C=O) groups is 4. The van der Waals surface area contributed by atoms with Crippen molar-refractivity contribution in [2.24, 2.45) is 10.8 Å². The van der Waals surface area contributed by atoms with Gasteiger partial charge < -0.3 is 20.4 Å². The number of aliphatic hydroxyl groups is 1. The summed E-state index contributed by atoms with van der Waals surface area (Å²) in [5, 5.41) is 47.0. The third-order valence-electron chi connectivity index (χ3n) is 19.7. The molecule has 0 bridgehead atoms. The van der Waals surface area contributed by atoms with Gasteiger partial charge in [-0.15, -0.1) is 0 Å². The summed E-state index contributed by atoms with van der Waals surface area (Å²) < 4.78 is 0. The lowest BCUT2D eigenvalue weighted by molar-refractivity contribution is -0.224. The molecular formula is C76H146O8. The number of carboxylic acids is 3. The Labute approximate surface area is 522 Å². The Morgan fingerprint density at radius 3 is 0.560 bits per heavy atom. The van der Waals surface area contributed by atoms with Crippen LogP contribution >= 0.6 is 0 Å². The van der Waals surface area contributed by atoms with E-state index in [1.165, 1.54) is 270 Å². The molecule has 0 aromatic rings. The molecule has 0 aliphatic rings. The van der Waals surface area contributed by atoms with E-state index < -0.39 is 46.5 Å². The first-order valence-corrected chi connectivity index (χ1v) is 38.0. The van der Waals surface area contributed by atoms with Gasteiger partial charge in [-0.05, 0) is 25.7 Å². The number of hydrogen-bond donors (Lipinski definition) is 4. The molecule has 0 aromatic heterocycles. The molecular weight excluding hydrogens is 1040 g/mol. The Balaban J connectivity index is 5.53. The zero-order valence-electron chi connectivity index (χ0n) is 56.9. The Hall–Kier alpha value is -1.96. The monoisotopic (exact) mass is 1190 g/mol. The summed E-state index contributed by atoms with van der Waals surface area (Å²) in [6.45, 7) is 8.56. The zero-order chi connectivity index (χ0) is 61.8.